The third-order valence-corrected chi connectivity index (χ3v) is 5.01. The summed E-state index contributed by atoms with van der Waals surface area (Å²) in [5.74, 6) is -0.539. The fourth-order valence-electron chi connectivity index (χ4n) is 2.23. The van der Waals surface area contributed by atoms with Crippen molar-refractivity contribution >= 4 is 45.4 Å². The third kappa shape index (κ3) is 4.15. The average Bonchev–Trinajstić information content (AvgIpc) is 2.94. The van der Waals surface area contributed by atoms with E-state index in [0.29, 0.717) is 32.1 Å². The van der Waals surface area contributed by atoms with E-state index in [2.05, 4.69) is 15.6 Å². The zero-order chi connectivity index (χ0) is 18.0. The summed E-state index contributed by atoms with van der Waals surface area (Å²) in [7, 11) is 0. The SMILES string of the molecule is Cc1cc(NC(=O)c2sc(Nc3ccc(F)cc3)nc2C)ccc1Cl. The predicted octanol–water partition coefficient (Wildman–Crippen LogP) is 5.55. The van der Waals surface area contributed by atoms with E-state index in [1.165, 1.54) is 23.5 Å². The molecule has 0 aliphatic rings. The summed E-state index contributed by atoms with van der Waals surface area (Å²) in [4.78, 5) is 17.4. The number of anilines is 3. The first-order valence-electron chi connectivity index (χ1n) is 7.50. The maximum atomic E-state index is 13.0. The minimum atomic E-state index is -0.306. The topological polar surface area (TPSA) is 54.0 Å². The minimum absolute atomic E-state index is 0.233. The molecule has 7 heteroatoms. The van der Waals surface area contributed by atoms with Crippen molar-refractivity contribution in [1.82, 2.24) is 4.98 Å². The number of benzene rings is 2. The van der Waals surface area contributed by atoms with E-state index in [1.54, 1.807) is 31.2 Å². The summed E-state index contributed by atoms with van der Waals surface area (Å²) in [6, 6.07) is 11.3. The normalized spacial score (nSPS) is 10.6. The Balaban J connectivity index is 1.75. The lowest BCUT2D eigenvalue weighted by molar-refractivity contribution is 0.103. The largest absolute Gasteiger partial charge is 0.332 e. The van der Waals surface area contributed by atoms with Gasteiger partial charge in [0.15, 0.2) is 5.13 Å². The Labute approximate surface area is 153 Å². The number of carbonyl (C=O) groups is 1. The zero-order valence-corrected chi connectivity index (χ0v) is 15.1. The number of thiazole rings is 1. The Hall–Kier alpha value is -2.44. The van der Waals surface area contributed by atoms with Crippen molar-refractivity contribution < 1.29 is 9.18 Å². The van der Waals surface area contributed by atoms with Gasteiger partial charge in [-0.2, -0.15) is 0 Å². The van der Waals surface area contributed by atoms with Crippen LogP contribution in [0.15, 0.2) is 42.5 Å². The van der Waals surface area contributed by atoms with Crippen LogP contribution in [-0.2, 0) is 0 Å². The van der Waals surface area contributed by atoms with Crippen LogP contribution in [0, 0.1) is 19.7 Å². The second-order valence-electron chi connectivity index (χ2n) is 5.48. The van der Waals surface area contributed by atoms with Crippen LogP contribution in [0.25, 0.3) is 0 Å². The molecule has 4 nitrogen and oxygen atoms in total. The molecule has 0 fully saturated rings. The molecule has 1 aromatic heterocycles. The number of amides is 1. The molecule has 0 saturated heterocycles. The molecule has 0 aliphatic carbocycles. The zero-order valence-electron chi connectivity index (χ0n) is 13.6. The van der Waals surface area contributed by atoms with E-state index < -0.39 is 0 Å². The summed E-state index contributed by atoms with van der Waals surface area (Å²) in [6.45, 7) is 3.65. The van der Waals surface area contributed by atoms with Crippen molar-refractivity contribution in [1.29, 1.82) is 0 Å². The molecule has 0 bridgehead atoms. The van der Waals surface area contributed by atoms with Crippen LogP contribution < -0.4 is 10.6 Å². The molecule has 0 unspecified atom stereocenters. The van der Waals surface area contributed by atoms with Gasteiger partial charge in [-0.15, -0.1) is 0 Å². The van der Waals surface area contributed by atoms with Gasteiger partial charge < -0.3 is 10.6 Å². The van der Waals surface area contributed by atoms with E-state index in [4.69, 9.17) is 11.6 Å². The highest BCUT2D eigenvalue weighted by atomic mass is 35.5. The van der Waals surface area contributed by atoms with E-state index in [1.807, 2.05) is 13.0 Å². The summed E-state index contributed by atoms with van der Waals surface area (Å²) in [5, 5.41) is 7.14. The molecular formula is C18H15ClFN3OS. The molecular weight excluding hydrogens is 361 g/mol. The molecule has 2 aromatic carbocycles. The van der Waals surface area contributed by atoms with Gasteiger partial charge in [0.2, 0.25) is 0 Å². The van der Waals surface area contributed by atoms with E-state index in [-0.39, 0.29) is 11.7 Å². The molecule has 1 heterocycles. The van der Waals surface area contributed by atoms with Gasteiger partial charge in [0.1, 0.15) is 10.7 Å². The van der Waals surface area contributed by atoms with Crippen molar-refractivity contribution in [2.24, 2.45) is 0 Å². The minimum Gasteiger partial charge on any atom is -0.332 e. The van der Waals surface area contributed by atoms with Crippen molar-refractivity contribution in [3.05, 3.63) is 69.4 Å². The number of aromatic nitrogens is 1. The van der Waals surface area contributed by atoms with Gasteiger partial charge in [0.25, 0.3) is 5.91 Å². The lowest BCUT2D eigenvalue weighted by Crippen LogP contribution is -2.11. The van der Waals surface area contributed by atoms with Gasteiger partial charge in [0.05, 0.1) is 5.69 Å². The first-order chi connectivity index (χ1) is 11.9. The van der Waals surface area contributed by atoms with Crippen molar-refractivity contribution in [3.8, 4) is 0 Å². The Morgan fingerprint density at radius 3 is 2.48 bits per heavy atom. The number of carbonyl (C=O) groups excluding carboxylic acids is 1. The van der Waals surface area contributed by atoms with Crippen molar-refractivity contribution in [3.63, 3.8) is 0 Å². The number of nitrogens with one attached hydrogen (secondary N) is 2. The van der Waals surface area contributed by atoms with Crippen molar-refractivity contribution in [2.45, 2.75) is 13.8 Å². The second-order valence-corrected chi connectivity index (χ2v) is 6.89. The molecule has 25 heavy (non-hydrogen) atoms. The lowest BCUT2D eigenvalue weighted by Gasteiger charge is -2.06. The summed E-state index contributed by atoms with van der Waals surface area (Å²) in [6.07, 6.45) is 0. The first kappa shape index (κ1) is 17.4. The molecule has 2 N–H and O–H groups in total. The number of hydrogen-bond donors (Lipinski definition) is 2. The van der Waals surface area contributed by atoms with Gasteiger partial charge in [-0.3, -0.25) is 4.79 Å². The average molecular weight is 376 g/mol. The van der Waals surface area contributed by atoms with Crippen LogP contribution in [0.5, 0.6) is 0 Å². The van der Waals surface area contributed by atoms with Crippen LogP contribution in [0.2, 0.25) is 5.02 Å². The fraction of sp³-hybridized carbons (Fsp3) is 0.111. The van der Waals surface area contributed by atoms with Crippen LogP contribution >= 0.6 is 22.9 Å². The van der Waals surface area contributed by atoms with Crippen LogP contribution in [0.4, 0.5) is 20.9 Å². The molecule has 0 radical (unpaired) electrons. The fourth-order valence-corrected chi connectivity index (χ4v) is 3.23. The third-order valence-electron chi connectivity index (χ3n) is 3.51. The Bertz CT molecular complexity index is 925. The monoisotopic (exact) mass is 375 g/mol. The maximum absolute atomic E-state index is 13.0. The first-order valence-corrected chi connectivity index (χ1v) is 8.69. The highest BCUT2D eigenvalue weighted by Gasteiger charge is 2.16. The summed E-state index contributed by atoms with van der Waals surface area (Å²) < 4.78 is 13.0. The van der Waals surface area contributed by atoms with Gasteiger partial charge in [-0.05, 0) is 61.9 Å². The quantitative estimate of drug-likeness (QED) is 0.628. The number of aryl methyl sites for hydroxylation is 2. The molecule has 0 saturated carbocycles. The molecule has 128 valence electrons. The highest BCUT2D eigenvalue weighted by molar-refractivity contribution is 7.17. The lowest BCUT2D eigenvalue weighted by atomic mass is 10.2. The number of hydrogen-bond acceptors (Lipinski definition) is 4. The van der Waals surface area contributed by atoms with E-state index in [9.17, 15) is 9.18 Å². The Morgan fingerprint density at radius 1 is 1.12 bits per heavy atom. The van der Waals surface area contributed by atoms with Crippen LogP contribution in [0.1, 0.15) is 20.9 Å². The van der Waals surface area contributed by atoms with E-state index in [0.717, 1.165) is 5.56 Å². The van der Waals surface area contributed by atoms with Gasteiger partial charge in [0, 0.05) is 16.4 Å². The molecule has 3 rings (SSSR count). The number of halogens is 2. The molecule has 0 aliphatic heterocycles. The second kappa shape index (κ2) is 7.21. The standard InChI is InChI=1S/C18H15ClFN3OS/c1-10-9-14(7-8-15(10)19)22-17(24)16-11(2)21-18(25-16)23-13-5-3-12(20)4-6-13/h3-9H,1-2H3,(H,21,23)(H,22,24). The molecule has 0 spiro atoms. The highest BCUT2D eigenvalue weighted by Crippen LogP contribution is 2.27. The molecule has 1 amide bonds. The Morgan fingerprint density at radius 2 is 1.80 bits per heavy atom. The summed E-state index contributed by atoms with van der Waals surface area (Å²) in [5.41, 5.74) is 2.89. The van der Waals surface area contributed by atoms with E-state index >= 15 is 0 Å². The van der Waals surface area contributed by atoms with Gasteiger partial charge in [-0.1, -0.05) is 22.9 Å². The molecule has 3 aromatic rings. The smallest absolute Gasteiger partial charge is 0.267 e. The number of rotatable bonds is 4. The van der Waals surface area contributed by atoms with Gasteiger partial charge >= 0.3 is 0 Å². The number of nitrogens with zero attached hydrogens (tertiary/aromatic N) is 1. The van der Waals surface area contributed by atoms with Crippen LogP contribution in [0.3, 0.4) is 0 Å². The van der Waals surface area contributed by atoms with Crippen molar-refractivity contribution in [2.75, 3.05) is 10.6 Å². The maximum Gasteiger partial charge on any atom is 0.267 e. The van der Waals surface area contributed by atoms with Crippen LogP contribution in [-0.4, -0.2) is 10.9 Å². The predicted molar refractivity (Wildman–Crippen MR) is 101 cm³/mol. The summed E-state index contributed by atoms with van der Waals surface area (Å²) >= 11 is 7.24. The molecule has 0 atom stereocenters. The van der Waals surface area contributed by atoms with Gasteiger partial charge in [-0.25, -0.2) is 9.37 Å². The Kier molecular flexibility index (Phi) is 5.01.